The van der Waals surface area contributed by atoms with E-state index in [1.54, 1.807) is 6.20 Å². The molecule has 5 heteroatoms. The Balaban J connectivity index is 1.71. The molecule has 1 amide bonds. The van der Waals surface area contributed by atoms with E-state index < -0.39 is 0 Å². The third-order valence-corrected chi connectivity index (χ3v) is 3.65. The highest BCUT2D eigenvalue weighted by Gasteiger charge is 2.09. The van der Waals surface area contributed by atoms with Crippen molar-refractivity contribution in [1.29, 1.82) is 0 Å². The summed E-state index contributed by atoms with van der Waals surface area (Å²) in [5, 5.41) is 7.36. The second kappa shape index (κ2) is 9.22. The maximum absolute atomic E-state index is 12.3. The lowest BCUT2D eigenvalue weighted by atomic mass is 10.1. The monoisotopic (exact) mass is 314 g/mol. The normalized spacial score (nSPS) is 11.1. The van der Waals surface area contributed by atoms with Crippen LogP contribution in [0.2, 0.25) is 0 Å². The van der Waals surface area contributed by atoms with Crippen LogP contribution in [0.25, 0.3) is 10.9 Å². The molecule has 0 fully saturated rings. The van der Waals surface area contributed by atoms with E-state index in [1.807, 2.05) is 30.3 Å². The molecule has 0 saturated heterocycles. The van der Waals surface area contributed by atoms with Gasteiger partial charge in [-0.15, -0.1) is 0 Å². The minimum absolute atomic E-state index is 0.0538. The second-order valence-corrected chi connectivity index (χ2v) is 5.90. The summed E-state index contributed by atoms with van der Waals surface area (Å²) in [7, 11) is 4.16. The number of carbonyl (C=O) groups is 1. The molecule has 0 unspecified atom stereocenters. The molecule has 0 aliphatic heterocycles. The van der Waals surface area contributed by atoms with Crippen LogP contribution in [0.15, 0.2) is 36.5 Å². The van der Waals surface area contributed by atoms with Crippen LogP contribution < -0.4 is 10.6 Å². The lowest BCUT2D eigenvalue weighted by molar-refractivity contribution is 0.0954. The van der Waals surface area contributed by atoms with Crippen molar-refractivity contribution in [3.8, 4) is 0 Å². The number of benzene rings is 1. The Labute approximate surface area is 138 Å². The zero-order valence-electron chi connectivity index (χ0n) is 14.0. The van der Waals surface area contributed by atoms with Gasteiger partial charge in [0.2, 0.25) is 0 Å². The SMILES string of the molecule is CN(C)CCCNCCCNC(=O)c1cccc2cccnc12. The fourth-order valence-electron chi connectivity index (χ4n) is 2.44. The topological polar surface area (TPSA) is 57.3 Å². The summed E-state index contributed by atoms with van der Waals surface area (Å²) >= 11 is 0. The fraction of sp³-hybridized carbons (Fsp3) is 0.444. The first-order valence-electron chi connectivity index (χ1n) is 8.16. The molecule has 2 aromatic rings. The lowest BCUT2D eigenvalue weighted by Gasteiger charge is -2.10. The Morgan fingerprint density at radius 2 is 1.87 bits per heavy atom. The molecule has 0 bridgehead atoms. The molecule has 23 heavy (non-hydrogen) atoms. The minimum Gasteiger partial charge on any atom is -0.352 e. The Bertz CT molecular complexity index is 622. The van der Waals surface area contributed by atoms with Crippen molar-refractivity contribution < 1.29 is 4.79 Å². The van der Waals surface area contributed by atoms with Gasteiger partial charge >= 0.3 is 0 Å². The van der Waals surface area contributed by atoms with Crippen LogP contribution in [0.4, 0.5) is 0 Å². The summed E-state index contributed by atoms with van der Waals surface area (Å²) in [6, 6.07) is 9.54. The van der Waals surface area contributed by atoms with Gasteiger partial charge in [0.15, 0.2) is 0 Å². The minimum atomic E-state index is -0.0538. The molecule has 1 aromatic carbocycles. The number of hydrogen-bond acceptors (Lipinski definition) is 4. The average molecular weight is 314 g/mol. The summed E-state index contributed by atoms with van der Waals surface area (Å²) in [5.41, 5.74) is 1.40. The molecule has 0 spiro atoms. The van der Waals surface area contributed by atoms with E-state index in [-0.39, 0.29) is 5.91 Å². The molecule has 1 heterocycles. The van der Waals surface area contributed by atoms with Crippen LogP contribution in [-0.2, 0) is 0 Å². The van der Waals surface area contributed by atoms with Crippen molar-refractivity contribution in [2.24, 2.45) is 0 Å². The van der Waals surface area contributed by atoms with Crippen LogP contribution >= 0.6 is 0 Å². The maximum Gasteiger partial charge on any atom is 0.253 e. The van der Waals surface area contributed by atoms with Crippen LogP contribution in [-0.4, -0.2) is 56.1 Å². The lowest BCUT2D eigenvalue weighted by Crippen LogP contribution is -2.28. The van der Waals surface area contributed by atoms with Gasteiger partial charge in [-0.05, 0) is 58.7 Å². The number of nitrogens with one attached hydrogen (secondary N) is 2. The first-order valence-corrected chi connectivity index (χ1v) is 8.16. The summed E-state index contributed by atoms with van der Waals surface area (Å²) in [5.74, 6) is -0.0538. The van der Waals surface area contributed by atoms with E-state index in [1.165, 1.54) is 0 Å². The molecule has 1 aromatic heterocycles. The van der Waals surface area contributed by atoms with Gasteiger partial charge < -0.3 is 15.5 Å². The highest BCUT2D eigenvalue weighted by Crippen LogP contribution is 2.15. The molecule has 0 radical (unpaired) electrons. The van der Waals surface area contributed by atoms with Gasteiger partial charge in [-0.25, -0.2) is 0 Å². The number of amides is 1. The number of hydrogen-bond donors (Lipinski definition) is 2. The third kappa shape index (κ3) is 5.62. The van der Waals surface area contributed by atoms with Gasteiger partial charge in [0.25, 0.3) is 5.91 Å². The van der Waals surface area contributed by atoms with Gasteiger partial charge in [0.05, 0.1) is 11.1 Å². The number of para-hydroxylation sites is 1. The molecular weight excluding hydrogens is 288 g/mol. The maximum atomic E-state index is 12.3. The van der Waals surface area contributed by atoms with E-state index in [9.17, 15) is 4.79 Å². The Morgan fingerprint density at radius 1 is 1.09 bits per heavy atom. The van der Waals surface area contributed by atoms with Crippen molar-refractivity contribution in [2.45, 2.75) is 12.8 Å². The Hall–Kier alpha value is -1.98. The molecular formula is C18H26N4O. The van der Waals surface area contributed by atoms with E-state index in [0.717, 1.165) is 43.4 Å². The summed E-state index contributed by atoms with van der Waals surface area (Å²) in [4.78, 5) is 18.8. The average Bonchev–Trinajstić information content (AvgIpc) is 2.56. The van der Waals surface area contributed by atoms with Crippen molar-refractivity contribution >= 4 is 16.8 Å². The molecule has 2 N–H and O–H groups in total. The van der Waals surface area contributed by atoms with Gasteiger partial charge in [-0.3, -0.25) is 9.78 Å². The van der Waals surface area contributed by atoms with E-state index in [4.69, 9.17) is 0 Å². The van der Waals surface area contributed by atoms with Gasteiger partial charge in [-0.1, -0.05) is 18.2 Å². The van der Waals surface area contributed by atoms with E-state index in [0.29, 0.717) is 12.1 Å². The summed E-state index contributed by atoms with van der Waals surface area (Å²) in [6.07, 6.45) is 3.78. The smallest absolute Gasteiger partial charge is 0.253 e. The third-order valence-electron chi connectivity index (χ3n) is 3.65. The van der Waals surface area contributed by atoms with Crippen LogP contribution in [0, 0.1) is 0 Å². The van der Waals surface area contributed by atoms with Crippen molar-refractivity contribution in [3.05, 3.63) is 42.1 Å². The largest absolute Gasteiger partial charge is 0.352 e. The van der Waals surface area contributed by atoms with Crippen molar-refractivity contribution in [2.75, 3.05) is 40.3 Å². The summed E-state index contributed by atoms with van der Waals surface area (Å²) < 4.78 is 0. The first kappa shape index (κ1) is 17.4. The predicted molar refractivity (Wildman–Crippen MR) is 94.7 cm³/mol. The second-order valence-electron chi connectivity index (χ2n) is 5.90. The molecule has 0 aliphatic rings. The highest BCUT2D eigenvalue weighted by molar-refractivity contribution is 6.05. The number of aromatic nitrogens is 1. The molecule has 2 rings (SSSR count). The zero-order chi connectivity index (χ0) is 16.5. The van der Waals surface area contributed by atoms with Crippen LogP contribution in [0.1, 0.15) is 23.2 Å². The van der Waals surface area contributed by atoms with Crippen LogP contribution in [0.3, 0.4) is 0 Å². The standard InChI is InChI=1S/C18H26N4O/c1-22(2)14-6-11-19-10-5-13-21-18(23)16-9-3-7-15-8-4-12-20-17(15)16/h3-4,7-9,12,19H,5-6,10-11,13-14H2,1-2H3,(H,21,23). The van der Waals surface area contributed by atoms with E-state index in [2.05, 4.69) is 34.6 Å². The van der Waals surface area contributed by atoms with Gasteiger partial charge in [0.1, 0.15) is 0 Å². The quantitative estimate of drug-likeness (QED) is 0.694. The Morgan fingerprint density at radius 3 is 2.70 bits per heavy atom. The Kier molecular flexibility index (Phi) is 6.97. The predicted octanol–water partition coefficient (Wildman–Crippen LogP) is 1.90. The van der Waals surface area contributed by atoms with Crippen molar-refractivity contribution in [3.63, 3.8) is 0 Å². The van der Waals surface area contributed by atoms with E-state index >= 15 is 0 Å². The molecule has 5 nitrogen and oxygen atoms in total. The first-order chi connectivity index (χ1) is 11.2. The number of rotatable bonds is 9. The van der Waals surface area contributed by atoms with Gasteiger partial charge in [0, 0.05) is 18.1 Å². The highest BCUT2D eigenvalue weighted by atomic mass is 16.1. The summed E-state index contributed by atoms with van der Waals surface area (Å²) in [6.45, 7) is 3.70. The number of pyridine rings is 1. The molecule has 0 saturated carbocycles. The van der Waals surface area contributed by atoms with Gasteiger partial charge in [-0.2, -0.15) is 0 Å². The van der Waals surface area contributed by atoms with Crippen LogP contribution in [0.5, 0.6) is 0 Å². The van der Waals surface area contributed by atoms with Crippen molar-refractivity contribution in [1.82, 2.24) is 20.5 Å². The molecule has 0 aliphatic carbocycles. The molecule has 124 valence electrons. The number of fused-ring (bicyclic) bond motifs is 1. The number of carbonyl (C=O) groups excluding carboxylic acids is 1. The zero-order valence-corrected chi connectivity index (χ0v) is 14.0. The fourth-order valence-corrected chi connectivity index (χ4v) is 2.44. The molecule has 0 atom stereocenters. The number of nitrogens with zero attached hydrogens (tertiary/aromatic N) is 2.